The summed E-state index contributed by atoms with van der Waals surface area (Å²) >= 11 is 0. The predicted molar refractivity (Wildman–Crippen MR) is 114 cm³/mol. The molecule has 0 aromatic heterocycles. The molecule has 7 nitrogen and oxygen atoms in total. The van der Waals surface area contributed by atoms with Gasteiger partial charge < -0.3 is 20.1 Å². The standard InChI is InChI=1S/C23H36N2O5/c1-3-5-11-21(28)30-16-19-10-8-14-25(19)22(29)18(9-4-2)15-20(27)24-23(17-26)12-6-7-13-23/h3-4,18-19,26H,1-2,5-17H2,(H,24,27). The quantitative estimate of drug-likeness (QED) is 0.374. The molecule has 0 radical (unpaired) electrons. The van der Waals surface area contributed by atoms with Crippen LogP contribution in [-0.4, -0.2) is 59.1 Å². The number of carbonyl (C=O) groups is 3. The Morgan fingerprint density at radius 3 is 2.57 bits per heavy atom. The van der Waals surface area contributed by atoms with Gasteiger partial charge in [-0.25, -0.2) is 0 Å². The summed E-state index contributed by atoms with van der Waals surface area (Å²) < 4.78 is 5.34. The molecule has 2 rings (SSSR count). The molecule has 0 aromatic carbocycles. The van der Waals surface area contributed by atoms with E-state index in [4.69, 9.17) is 4.74 Å². The van der Waals surface area contributed by atoms with Crippen LogP contribution in [0.15, 0.2) is 25.3 Å². The van der Waals surface area contributed by atoms with Crippen LogP contribution in [0.25, 0.3) is 0 Å². The Morgan fingerprint density at radius 1 is 1.20 bits per heavy atom. The third kappa shape index (κ3) is 6.69. The number of ether oxygens (including phenoxy) is 1. The lowest BCUT2D eigenvalue weighted by Gasteiger charge is -2.31. The van der Waals surface area contributed by atoms with E-state index in [1.54, 1.807) is 17.1 Å². The van der Waals surface area contributed by atoms with Crippen LogP contribution in [0.1, 0.15) is 64.2 Å². The van der Waals surface area contributed by atoms with Crippen molar-refractivity contribution in [3.05, 3.63) is 25.3 Å². The number of carbonyl (C=O) groups excluding carboxylic acids is 3. The molecule has 1 heterocycles. The normalized spacial score (nSPS) is 21.1. The van der Waals surface area contributed by atoms with Gasteiger partial charge in [0.2, 0.25) is 11.8 Å². The molecule has 0 spiro atoms. The van der Waals surface area contributed by atoms with Crippen molar-refractivity contribution in [1.29, 1.82) is 0 Å². The highest BCUT2D eigenvalue weighted by atomic mass is 16.5. The molecule has 1 saturated carbocycles. The van der Waals surface area contributed by atoms with E-state index < -0.39 is 11.5 Å². The Kier molecular flexibility index (Phi) is 9.56. The molecular weight excluding hydrogens is 384 g/mol. The second-order valence-electron chi connectivity index (χ2n) is 8.46. The largest absolute Gasteiger partial charge is 0.463 e. The Morgan fingerprint density at radius 2 is 1.93 bits per heavy atom. The van der Waals surface area contributed by atoms with Crippen molar-refractivity contribution in [2.45, 2.75) is 75.8 Å². The van der Waals surface area contributed by atoms with E-state index in [2.05, 4.69) is 18.5 Å². The number of esters is 1. The van der Waals surface area contributed by atoms with Crippen LogP contribution in [0.3, 0.4) is 0 Å². The monoisotopic (exact) mass is 420 g/mol. The second kappa shape index (κ2) is 11.9. The molecule has 1 aliphatic carbocycles. The molecule has 168 valence electrons. The summed E-state index contributed by atoms with van der Waals surface area (Å²) in [6.07, 6.45) is 9.78. The van der Waals surface area contributed by atoms with Crippen molar-refractivity contribution in [2.24, 2.45) is 5.92 Å². The highest BCUT2D eigenvalue weighted by molar-refractivity contribution is 5.86. The summed E-state index contributed by atoms with van der Waals surface area (Å²) in [5.74, 6) is -1.10. The van der Waals surface area contributed by atoms with Gasteiger partial charge in [0.25, 0.3) is 0 Å². The van der Waals surface area contributed by atoms with Gasteiger partial charge in [0.1, 0.15) is 6.61 Å². The SMILES string of the molecule is C=CCCC(=O)OCC1CCCN1C(=O)C(CC=C)CC(=O)NC1(CO)CCCC1. The van der Waals surface area contributed by atoms with Gasteiger partial charge in [-0.05, 0) is 38.5 Å². The molecule has 7 heteroatoms. The number of aliphatic hydroxyl groups is 1. The third-order valence-electron chi connectivity index (χ3n) is 6.15. The first kappa shape index (κ1) is 24.1. The van der Waals surface area contributed by atoms with Crippen LogP contribution in [0.2, 0.25) is 0 Å². The predicted octanol–water partition coefficient (Wildman–Crippen LogP) is 2.49. The molecule has 30 heavy (non-hydrogen) atoms. The topological polar surface area (TPSA) is 95.9 Å². The van der Waals surface area contributed by atoms with E-state index >= 15 is 0 Å². The van der Waals surface area contributed by atoms with E-state index in [9.17, 15) is 19.5 Å². The summed E-state index contributed by atoms with van der Waals surface area (Å²) in [5, 5.41) is 12.7. The molecule has 2 amide bonds. The number of hydrogen-bond donors (Lipinski definition) is 2. The summed E-state index contributed by atoms with van der Waals surface area (Å²) in [6, 6.07) is -0.154. The smallest absolute Gasteiger partial charge is 0.306 e. The average Bonchev–Trinajstić information content (AvgIpc) is 3.39. The molecule has 2 unspecified atom stereocenters. The number of allylic oxidation sites excluding steroid dienone is 2. The number of rotatable bonds is 12. The minimum atomic E-state index is -0.547. The Labute approximate surface area is 179 Å². The van der Waals surface area contributed by atoms with Crippen molar-refractivity contribution in [3.63, 3.8) is 0 Å². The van der Waals surface area contributed by atoms with Crippen LogP contribution in [0.5, 0.6) is 0 Å². The summed E-state index contributed by atoms with van der Waals surface area (Å²) in [6.45, 7) is 8.03. The zero-order valence-electron chi connectivity index (χ0n) is 17.9. The summed E-state index contributed by atoms with van der Waals surface area (Å²) in [4.78, 5) is 39.4. The molecular formula is C23H36N2O5. The van der Waals surface area contributed by atoms with Gasteiger partial charge in [0.05, 0.1) is 24.1 Å². The highest BCUT2D eigenvalue weighted by Gasteiger charge is 2.37. The number of aliphatic hydroxyl groups excluding tert-OH is 1. The fourth-order valence-electron chi connectivity index (χ4n) is 4.43. The van der Waals surface area contributed by atoms with Gasteiger partial charge in [-0.1, -0.05) is 25.0 Å². The summed E-state index contributed by atoms with van der Waals surface area (Å²) in [5.41, 5.74) is -0.547. The van der Waals surface area contributed by atoms with E-state index in [0.29, 0.717) is 19.4 Å². The van der Waals surface area contributed by atoms with E-state index in [0.717, 1.165) is 38.5 Å². The molecule has 2 fully saturated rings. The molecule has 1 saturated heterocycles. The summed E-state index contributed by atoms with van der Waals surface area (Å²) in [7, 11) is 0. The minimum Gasteiger partial charge on any atom is -0.463 e. The van der Waals surface area contributed by atoms with E-state index in [-0.39, 0.29) is 49.9 Å². The first-order valence-electron chi connectivity index (χ1n) is 11.0. The number of likely N-dealkylation sites (tertiary alicyclic amines) is 1. The Bertz CT molecular complexity index is 627. The number of nitrogens with one attached hydrogen (secondary N) is 1. The van der Waals surface area contributed by atoms with E-state index in [1.807, 2.05) is 0 Å². The first-order valence-corrected chi connectivity index (χ1v) is 11.0. The van der Waals surface area contributed by atoms with Crippen molar-refractivity contribution in [3.8, 4) is 0 Å². The molecule has 0 bridgehead atoms. The maximum Gasteiger partial charge on any atom is 0.306 e. The fraction of sp³-hybridized carbons (Fsp3) is 0.696. The van der Waals surface area contributed by atoms with Crippen molar-refractivity contribution in [2.75, 3.05) is 19.8 Å². The number of nitrogens with zero attached hydrogens (tertiary/aromatic N) is 1. The number of hydrogen-bond acceptors (Lipinski definition) is 5. The van der Waals surface area contributed by atoms with Gasteiger partial charge >= 0.3 is 5.97 Å². The van der Waals surface area contributed by atoms with Gasteiger partial charge in [-0.2, -0.15) is 0 Å². The fourth-order valence-corrected chi connectivity index (χ4v) is 4.43. The maximum atomic E-state index is 13.2. The van der Waals surface area contributed by atoms with Gasteiger partial charge in [0, 0.05) is 19.4 Å². The van der Waals surface area contributed by atoms with Crippen LogP contribution in [0, 0.1) is 5.92 Å². The lowest BCUT2D eigenvalue weighted by Crippen LogP contribution is -2.50. The van der Waals surface area contributed by atoms with Crippen molar-refractivity contribution >= 4 is 17.8 Å². The highest BCUT2D eigenvalue weighted by Crippen LogP contribution is 2.30. The lowest BCUT2D eigenvalue weighted by molar-refractivity contribution is -0.148. The molecule has 2 N–H and O–H groups in total. The second-order valence-corrected chi connectivity index (χ2v) is 8.46. The van der Waals surface area contributed by atoms with Crippen LogP contribution < -0.4 is 5.32 Å². The van der Waals surface area contributed by atoms with Crippen LogP contribution in [-0.2, 0) is 19.1 Å². The Balaban J connectivity index is 1.94. The van der Waals surface area contributed by atoms with Crippen LogP contribution in [0.4, 0.5) is 0 Å². The van der Waals surface area contributed by atoms with Gasteiger partial charge in [-0.3, -0.25) is 14.4 Å². The van der Waals surface area contributed by atoms with E-state index in [1.165, 1.54) is 0 Å². The average molecular weight is 421 g/mol. The number of amides is 2. The molecule has 2 atom stereocenters. The molecule has 0 aromatic rings. The first-order chi connectivity index (χ1) is 14.4. The molecule has 2 aliphatic rings. The van der Waals surface area contributed by atoms with Gasteiger partial charge in [0.15, 0.2) is 0 Å². The zero-order chi connectivity index (χ0) is 22.0. The Hall–Kier alpha value is -2.15. The molecule has 1 aliphatic heterocycles. The minimum absolute atomic E-state index is 0.0644. The lowest BCUT2D eigenvalue weighted by atomic mass is 9.95. The third-order valence-corrected chi connectivity index (χ3v) is 6.15. The van der Waals surface area contributed by atoms with Crippen molar-refractivity contribution < 1.29 is 24.2 Å². The maximum absolute atomic E-state index is 13.2. The van der Waals surface area contributed by atoms with Crippen molar-refractivity contribution in [1.82, 2.24) is 10.2 Å². The van der Waals surface area contributed by atoms with Crippen LogP contribution >= 0.6 is 0 Å². The van der Waals surface area contributed by atoms with Gasteiger partial charge in [-0.15, -0.1) is 13.2 Å². The zero-order valence-corrected chi connectivity index (χ0v) is 17.9.